The van der Waals surface area contributed by atoms with Crippen LogP contribution in [0.4, 0.5) is 0 Å². The van der Waals surface area contributed by atoms with Crippen LogP contribution in [0.3, 0.4) is 0 Å². The first-order valence-electron chi connectivity index (χ1n) is 6.19. The number of hydrogen-bond donors (Lipinski definition) is 2. The molecule has 15 heavy (non-hydrogen) atoms. The molecule has 1 saturated carbocycles. The zero-order valence-electron chi connectivity index (χ0n) is 9.75. The minimum atomic E-state index is 0.247. The van der Waals surface area contributed by atoms with E-state index in [-0.39, 0.29) is 5.92 Å². The van der Waals surface area contributed by atoms with Gasteiger partial charge >= 0.3 is 0 Å². The SMILES string of the molecule is CC1CC(NC(=O)C2CCNC(C)C2)C1. The summed E-state index contributed by atoms with van der Waals surface area (Å²) in [5.41, 5.74) is 0. The first-order chi connectivity index (χ1) is 7.15. The fraction of sp³-hybridized carbons (Fsp3) is 0.917. The van der Waals surface area contributed by atoms with Crippen molar-refractivity contribution in [2.75, 3.05) is 6.54 Å². The van der Waals surface area contributed by atoms with Crippen molar-refractivity contribution in [3.8, 4) is 0 Å². The van der Waals surface area contributed by atoms with Crippen LogP contribution in [0, 0.1) is 11.8 Å². The lowest BCUT2D eigenvalue weighted by atomic mass is 9.81. The van der Waals surface area contributed by atoms with Crippen LogP contribution in [0.5, 0.6) is 0 Å². The third-order valence-electron chi connectivity index (χ3n) is 3.71. The number of hydrogen-bond acceptors (Lipinski definition) is 2. The third-order valence-corrected chi connectivity index (χ3v) is 3.71. The second-order valence-corrected chi connectivity index (χ2v) is 5.36. The summed E-state index contributed by atoms with van der Waals surface area (Å²) in [6.45, 7) is 5.39. The highest BCUT2D eigenvalue weighted by atomic mass is 16.1. The maximum absolute atomic E-state index is 11.9. The zero-order valence-corrected chi connectivity index (χ0v) is 9.75. The molecule has 2 fully saturated rings. The maximum Gasteiger partial charge on any atom is 0.223 e. The standard InChI is InChI=1S/C12H22N2O/c1-8-5-11(6-8)14-12(15)10-3-4-13-9(2)7-10/h8-11,13H,3-7H2,1-2H3,(H,14,15). The average molecular weight is 210 g/mol. The van der Waals surface area contributed by atoms with Gasteiger partial charge in [-0.2, -0.15) is 0 Å². The van der Waals surface area contributed by atoms with Crippen molar-refractivity contribution in [1.82, 2.24) is 10.6 Å². The van der Waals surface area contributed by atoms with Gasteiger partial charge in [0.25, 0.3) is 0 Å². The monoisotopic (exact) mass is 210 g/mol. The first-order valence-corrected chi connectivity index (χ1v) is 6.19. The number of nitrogens with one attached hydrogen (secondary N) is 2. The molecule has 2 unspecified atom stereocenters. The number of piperidine rings is 1. The molecule has 2 aliphatic rings. The predicted octanol–water partition coefficient (Wildman–Crippen LogP) is 1.29. The van der Waals surface area contributed by atoms with E-state index < -0.39 is 0 Å². The second-order valence-electron chi connectivity index (χ2n) is 5.36. The van der Waals surface area contributed by atoms with Gasteiger partial charge in [-0.25, -0.2) is 0 Å². The molecule has 1 saturated heterocycles. The highest BCUT2D eigenvalue weighted by Gasteiger charge is 2.30. The Morgan fingerprint density at radius 1 is 1.27 bits per heavy atom. The quantitative estimate of drug-likeness (QED) is 0.721. The van der Waals surface area contributed by atoms with Crippen LogP contribution >= 0.6 is 0 Å². The zero-order chi connectivity index (χ0) is 10.8. The molecule has 2 N–H and O–H groups in total. The van der Waals surface area contributed by atoms with Gasteiger partial charge in [0.05, 0.1) is 0 Å². The molecule has 0 aromatic rings. The Labute approximate surface area is 92.0 Å². The summed E-state index contributed by atoms with van der Waals surface area (Å²) >= 11 is 0. The summed E-state index contributed by atoms with van der Waals surface area (Å²) in [7, 11) is 0. The topological polar surface area (TPSA) is 41.1 Å². The molecule has 2 rings (SSSR count). The van der Waals surface area contributed by atoms with Gasteiger partial charge in [-0.1, -0.05) is 6.92 Å². The molecule has 1 aliphatic carbocycles. The van der Waals surface area contributed by atoms with Crippen molar-refractivity contribution in [1.29, 1.82) is 0 Å². The molecule has 1 aliphatic heterocycles. The summed E-state index contributed by atoms with van der Waals surface area (Å²) in [4.78, 5) is 11.9. The molecule has 1 heterocycles. The van der Waals surface area contributed by atoms with Gasteiger partial charge in [-0.05, 0) is 45.1 Å². The Bertz CT molecular complexity index is 236. The molecule has 3 heteroatoms. The normalized spacial score (nSPS) is 40.7. The van der Waals surface area contributed by atoms with Crippen molar-refractivity contribution in [2.45, 2.75) is 51.6 Å². The first kappa shape index (κ1) is 10.9. The Morgan fingerprint density at radius 2 is 2.00 bits per heavy atom. The molecule has 1 amide bonds. The van der Waals surface area contributed by atoms with Crippen molar-refractivity contribution in [2.24, 2.45) is 11.8 Å². The van der Waals surface area contributed by atoms with Crippen LogP contribution in [0.15, 0.2) is 0 Å². The molecule has 0 bridgehead atoms. The van der Waals surface area contributed by atoms with E-state index >= 15 is 0 Å². The Morgan fingerprint density at radius 3 is 2.60 bits per heavy atom. The van der Waals surface area contributed by atoms with E-state index in [1.807, 2.05) is 0 Å². The lowest BCUT2D eigenvalue weighted by molar-refractivity contribution is -0.127. The Hall–Kier alpha value is -0.570. The molecule has 2 atom stereocenters. The molecule has 0 radical (unpaired) electrons. The van der Waals surface area contributed by atoms with Crippen molar-refractivity contribution >= 4 is 5.91 Å². The van der Waals surface area contributed by atoms with Gasteiger partial charge in [0, 0.05) is 18.0 Å². The van der Waals surface area contributed by atoms with Crippen LogP contribution in [-0.4, -0.2) is 24.5 Å². The van der Waals surface area contributed by atoms with Crippen LogP contribution in [0.1, 0.15) is 39.5 Å². The Kier molecular flexibility index (Phi) is 3.29. The van der Waals surface area contributed by atoms with Gasteiger partial charge in [-0.3, -0.25) is 4.79 Å². The van der Waals surface area contributed by atoms with Gasteiger partial charge < -0.3 is 10.6 Å². The van der Waals surface area contributed by atoms with Gasteiger partial charge in [-0.15, -0.1) is 0 Å². The van der Waals surface area contributed by atoms with Crippen molar-refractivity contribution in [3.05, 3.63) is 0 Å². The molecular weight excluding hydrogens is 188 g/mol. The maximum atomic E-state index is 11.9. The van der Waals surface area contributed by atoms with E-state index in [0.717, 1.165) is 25.3 Å². The number of amides is 1. The third kappa shape index (κ3) is 2.71. The van der Waals surface area contributed by atoms with Crippen LogP contribution in [0.25, 0.3) is 0 Å². The van der Waals surface area contributed by atoms with E-state index in [9.17, 15) is 4.79 Å². The fourth-order valence-electron chi connectivity index (χ4n) is 2.71. The molecule has 3 nitrogen and oxygen atoms in total. The highest BCUT2D eigenvalue weighted by molar-refractivity contribution is 5.79. The lowest BCUT2D eigenvalue weighted by Gasteiger charge is -2.35. The fourth-order valence-corrected chi connectivity index (χ4v) is 2.71. The second kappa shape index (κ2) is 4.52. The minimum absolute atomic E-state index is 0.247. The summed E-state index contributed by atoms with van der Waals surface area (Å²) in [6.07, 6.45) is 4.34. The minimum Gasteiger partial charge on any atom is -0.353 e. The summed E-state index contributed by atoms with van der Waals surface area (Å²) in [6, 6.07) is 0.965. The van der Waals surface area contributed by atoms with Crippen LogP contribution in [0.2, 0.25) is 0 Å². The van der Waals surface area contributed by atoms with Gasteiger partial charge in [0.15, 0.2) is 0 Å². The van der Waals surface area contributed by atoms with Gasteiger partial charge in [0.1, 0.15) is 0 Å². The number of rotatable bonds is 2. The molecule has 0 spiro atoms. The van der Waals surface area contributed by atoms with E-state index in [1.165, 1.54) is 12.8 Å². The molecule has 0 aromatic heterocycles. The lowest BCUT2D eigenvalue weighted by Crippen LogP contribution is -2.48. The molecular formula is C12H22N2O. The van der Waals surface area contributed by atoms with E-state index in [1.54, 1.807) is 0 Å². The van der Waals surface area contributed by atoms with Crippen molar-refractivity contribution < 1.29 is 4.79 Å². The molecule has 86 valence electrons. The summed E-state index contributed by atoms with van der Waals surface area (Å²) in [5.74, 6) is 1.35. The Balaban J connectivity index is 1.75. The number of carbonyl (C=O) groups is 1. The number of carbonyl (C=O) groups excluding carboxylic acids is 1. The summed E-state index contributed by atoms with van der Waals surface area (Å²) < 4.78 is 0. The van der Waals surface area contributed by atoms with E-state index in [4.69, 9.17) is 0 Å². The summed E-state index contributed by atoms with van der Waals surface area (Å²) in [5, 5.41) is 6.55. The van der Waals surface area contributed by atoms with E-state index in [0.29, 0.717) is 18.0 Å². The van der Waals surface area contributed by atoms with Gasteiger partial charge in [0.2, 0.25) is 5.91 Å². The highest BCUT2D eigenvalue weighted by Crippen LogP contribution is 2.27. The smallest absolute Gasteiger partial charge is 0.223 e. The largest absolute Gasteiger partial charge is 0.353 e. The van der Waals surface area contributed by atoms with Crippen molar-refractivity contribution in [3.63, 3.8) is 0 Å². The average Bonchev–Trinajstić information content (AvgIpc) is 2.15. The van der Waals surface area contributed by atoms with E-state index in [2.05, 4.69) is 24.5 Å². The van der Waals surface area contributed by atoms with Crippen LogP contribution < -0.4 is 10.6 Å². The van der Waals surface area contributed by atoms with Crippen LogP contribution in [-0.2, 0) is 4.79 Å². The predicted molar refractivity (Wildman–Crippen MR) is 60.5 cm³/mol. The molecule has 0 aromatic carbocycles.